The SMILES string of the molecule is C[C@@H](NP(=O)(OC[C@@H]1C[C@@H](O)[C@H](n2cnc3c(N)nc(Cl)nc32)O1)Oc1cccc2ccccc12)C(=O)OCc1ccccc1. The van der Waals surface area contributed by atoms with Crippen LogP contribution in [0.15, 0.2) is 79.1 Å². The van der Waals surface area contributed by atoms with Crippen molar-refractivity contribution in [1.29, 1.82) is 0 Å². The van der Waals surface area contributed by atoms with Crippen molar-refractivity contribution in [2.45, 2.75) is 44.4 Å². The van der Waals surface area contributed by atoms with Crippen LogP contribution < -0.4 is 15.3 Å². The van der Waals surface area contributed by atoms with Crippen molar-refractivity contribution in [2.24, 2.45) is 0 Å². The Bertz CT molecular complexity index is 1870. The predicted molar refractivity (Wildman–Crippen MR) is 166 cm³/mol. The Morgan fingerprint density at radius 1 is 1.16 bits per heavy atom. The molecule has 0 aliphatic carbocycles. The molecular weight excluding hydrogens is 623 g/mol. The van der Waals surface area contributed by atoms with Gasteiger partial charge in [-0.15, -0.1) is 0 Å². The number of esters is 1. The molecule has 1 saturated heterocycles. The maximum atomic E-state index is 14.3. The number of benzene rings is 3. The molecule has 45 heavy (non-hydrogen) atoms. The fourth-order valence-electron chi connectivity index (χ4n) is 5.00. The van der Waals surface area contributed by atoms with Crippen LogP contribution in [-0.4, -0.2) is 55.5 Å². The second-order valence-electron chi connectivity index (χ2n) is 10.5. The van der Waals surface area contributed by atoms with E-state index in [1.54, 1.807) is 12.1 Å². The number of fused-ring (bicyclic) bond motifs is 2. The quantitative estimate of drug-likeness (QED) is 0.101. The van der Waals surface area contributed by atoms with Crippen LogP contribution >= 0.6 is 19.3 Å². The van der Waals surface area contributed by atoms with Gasteiger partial charge in [0.2, 0.25) is 5.28 Å². The van der Waals surface area contributed by atoms with E-state index in [4.69, 9.17) is 35.9 Å². The highest BCUT2D eigenvalue weighted by Crippen LogP contribution is 2.47. The van der Waals surface area contributed by atoms with Crippen molar-refractivity contribution in [3.05, 3.63) is 90.0 Å². The number of ether oxygens (including phenoxy) is 2. The summed E-state index contributed by atoms with van der Waals surface area (Å²) in [6.45, 7) is 1.30. The fourth-order valence-corrected chi connectivity index (χ4v) is 6.72. The van der Waals surface area contributed by atoms with Gasteiger partial charge in [0.1, 0.15) is 30.0 Å². The van der Waals surface area contributed by atoms with Crippen molar-refractivity contribution < 1.29 is 33.0 Å². The Kier molecular flexibility index (Phi) is 8.99. The van der Waals surface area contributed by atoms with Crippen molar-refractivity contribution in [3.63, 3.8) is 0 Å². The lowest BCUT2D eigenvalue weighted by atomic mass is 10.1. The Hall–Kier alpha value is -4.10. The van der Waals surface area contributed by atoms with Gasteiger partial charge in [-0.25, -0.2) is 9.55 Å². The van der Waals surface area contributed by atoms with Crippen molar-refractivity contribution in [1.82, 2.24) is 24.6 Å². The molecule has 1 aliphatic heterocycles. The van der Waals surface area contributed by atoms with Gasteiger partial charge in [-0.3, -0.25) is 13.9 Å². The van der Waals surface area contributed by atoms with E-state index in [0.717, 1.165) is 10.9 Å². The maximum absolute atomic E-state index is 14.3. The zero-order valence-electron chi connectivity index (χ0n) is 24.0. The van der Waals surface area contributed by atoms with Crippen LogP contribution in [0.3, 0.4) is 0 Å². The molecular formula is C30H30ClN6O7P. The van der Waals surface area contributed by atoms with E-state index in [1.807, 2.05) is 60.7 Å². The number of rotatable bonds is 11. The lowest BCUT2D eigenvalue weighted by Crippen LogP contribution is -2.35. The largest absolute Gasteiger partial charge is 0.460 e. The molecule has 0 bridgehead atoms. The molecule has 3 heterocycles. The van der Waals surface area contributed by atoms with E-state index in [0.29, 0.717) is 10.9 Å². The zero-order chi connectivity index (χ0) is 31.6. The first-order chi connectivity index (χ1) is 21.7. The van der Waals surface area contributed by atoms with Gasteiger partial charge >= 0.3 is 13.7 Å². The number of nitrogen functional groups attached to an aromatic ring is 1. The van der Waals surface area contributed by atoms with E-state index in [1.165, 1.54) is 17.8 Å². The van der Waals surface area contributed by atoms with Crippen LogP contribution in [0.2, 0.25) is 5.28 Å². The number of aliphatic hydroxyl groups excluding tert-OH is 1. The van der Waals surface area contributed by atoms with Gasteiger partial charge in [-0.1, -0.05) is 66.7 Å². The van der Waals surface area contributed by atoms with E-state index in [-0.39, 0.29) is 42.1 Å². The smallest absolute Gasteiger partial charge is 0.459 e. The number of carbonyl (C=O) groups excluding carboxylic acids is 1. The average molecular weight is 653 g/mol. The third-order valence-electron chi connectivity index (χ3n) is 7.19. The Balaban J connectivity index is 1.19. The molecule has 15 heteroatoms. The summed E-state index contributed by atoms with van der Waals surface area (Å²) >= 11 is 5.99. The molecule has 5 aromatic rings. The summed E-state index contributed by atoms with van der Waals surface area (Å²) in [5.41, 5.74) is 7.31. The van der Waals surface area contributed by atoms with Crippen LogP contribution in [0.25, 0.3) is 21.9 Å². The van der Waals surface area contributed by atoms with Crippen LogP contribution in [0.1, 0.15) is 25.1 Å². The second kappa shape index (κ2) is 13.1. The summed E-state index contributed by atoms with van der Waals surface area (Å²) in [7, 11) is -4.24. The number of nitrogens with one attached hydrogen (secondary N) is 1. The number of aromatic nitrogens is 4. The maximum Gasteiger partial charge on any atom is 0.459 e. The van der Waals surface area contributed by atoms with Crippen LogP contribution in [0.5, 0.6) is 5.75 Å². The molecule has 234 valence electrons. The molecule has 0 radical (unpaired) electrons. The molecule has 0 saturated carbocycles. The topological polar surface area (TPSA) is 173 Å². The average Bonchev–Trinajstić information content (AvgIpc) is 3.62. The first kappa shape index (κ1) is 30.9. The minimum Gasteiger partial charge on any atom is -0.460 e. The van der Waals surface area contributed by atoms with Crippen LogP contribution in [0, 0.1) is 0 Å². The van der Waals surface area contributed by atoms with Gasteiger partial charge in [-0.2, -0.15) is 15.1 Å². The fraction of sp³-hybridized carbons (Fsp3) is 0.267. The highest BCUT2D eigenvalue weighted by molar-refractivity contribution is 7.52. The van der Waals surface area contributed by atoms with E-state index >= 15 is 0 Å². The first-order valence-electron chi connectivity index (χ1n) is 14.1. The molecule has 3 aromatic carbocycles. The van der Waals surface area contributed by atoms with Gasteiger partial charge < -0.3 is 24.8 Å². The van der Waals surface area contributed by atoms with E-state index in [2.05, 4.69) is 20.0 Å². The molecule has 1 unspecified atom stereocenters. The number of halogens is 1. The molecule has 1 aliphatic rings. The Morgan fingerprint density at radius 2 is 1.91 bits per heavy atom. The number of hydrogen-bond donors (Lipinski definition) is 3. The summed E-state index contributed by atoms with van der Waals surface area (Å²) in [6, 6.07) is 20.9. The third-order valence-corrected chi connectivity index (χ3v) is 8.99. The normalized spacial score (nSPS) is 20.2. The van der Waals surface area contributed by atoms with Gasteiger partial charge in [0, 0.05) is 11.8 Å². The lowest BCUT2D eigenvalue weighted by Gasteiger charge is -2.24. The summed E-state index contributed by atoms with van der Waals surface area (Å²) in [6.07, 6.45) is -1.08. The number of aliphatic hydroxyl groups is 1. The molecule has 4 N–H and O–H groups in total. The molecule has 5 atom stereocenters. The summed E-state index contributed by atoms with van der Waals surface area (Å²) < 4.78 is 39.1. The van der Waals surface area contributed by atoms with Crippen molar-refractivity contribution in [3.8, 4) is 5.75 Å². The van der Waals surface area contributed by atoms with E-state index < -0.39 is 38.2 Å². The molecule has 1 fully saturated rings. The standard InChI is InChI=1S/C30H30ClN6O7P/c1-18(29(39)41-15-19-8-3-2-4-9-19)36-45(40,44-24-13-7-11-20-10-5-6-12-22(20)24)42-16-21-14-23(38)28(43-21)37-17-33-25-26(32)34-30(31)35-27(25)37/h2-13,17-18,21,23,28,38H,14-16H2,1H3,(H,36,40)(H2,32,34,35)/t18-,21+,23-,28-,45?/m1/s1. The third kappa shape index (κ3) is 6.94. The van der Waals surface area contributed by atoms with E-state index in [9.17, 15) is 14.5 Å². The van der Waals surface area contributed by atoms with Crippen molar-refractivity contribution in [2.75, 3.05) is 12.3 Å². The molecule has 2 aromatic heterocycles. The number of nitrogens with zero attached hydrogens (tertiary/aromatic N) is 4. The monoisotopic (exact) mass is 652 g/mol. The Labute approximate surface area is 262 Å². The van der Waals surface area contributed by atoms with Crippen molar-refractivity contribution >= 4 is 53.1 Å². The second-order valence-corrected chi connectivity index (χ2v) is 12.5. The minimum absolute atomic E-state index is 0.0426. The highest BCUT2D eigenvalue weighted by Gasteiger charge is 2.40. The Morgan fingerprint density at radius 3 is 2.73 bits per heavy atom. The molecule has 13 nitrogen and oxygen atoms in total. The molecule has 0 spiro atoms. The highest BCUT2D eigenvalue weighted by atomic mass is 35.5. The number of hydrogen-bond acceptors (Lipinski definition) is 11. The number of nitrogens with two attached hydrogens (primary N) is 1. The first-order valence-corrected chi connectivity index (χ1v) is 16.0. The van der Waals surface area contributed by atoms with Crippen LogP contribution in [-0.2, 0) is 30.0 Å². The molecule has 0 amide bonds. The number of anilines is 1. The zero-order valence-corrected chi connectivity index (χ0v) is 25.7. The predicted octanol–water partition coefficient (Wildman–Crippen LogP) is 4.79. The van der Waals surface area contributed by atoms with Gasteiger partial charge in [0.15, 0.2) is 17.7 Å². The minimum atomic E-state index is -4.24. The van der Waals surface area contributed by atoms with Gasteiger partial charge in [-0.05, 0) is 35.5 Å². The number of imidazole rings is 1. The van der Waals surface area contributed by atoms with Crippen LogP contribution in [0.4, 0.5) is 5.82 Å². The van der Waals surface area contributed by atoms with Gasteiger partial charge in [0.25, 0.3) is 0 Å². The summed E-state index contributed by atoms with van der Waals surface area (Å²) in [4.78, 5) is 25.2. The summed E-state index contributed by atoms with van der Waals surface area (Å²) in [5.74, 6) is -0.271. The lowest BCUT2D eigenvalue weighted by molar-refractivity contribution is -0.146. The number of carbonyl (C=O) groups is 1. The summed E-state index contributed by atoms with van der Waals surface area (Å²) in [5, 5.41) is 15.1. The van der Waals surface area contributed by atoms with Gasteiger partial charge in [0.05, 0.1) is 19.0 Å². The molecule has 6 rings (SSSR count).